The molecule has 0 unspecified atom stereocenters. The van der Waals surface area contributed by atoms with E-state index in [-0.39, 0.29) is 22.8 Å². The van der Waals surface area contributed by atoms with E-state index in [0.29, 0.717) is 18.0 Å². The zero-order chi connectivity index (χ0) is 22.7. The first-order chi connectivity index (χ1) is 15.3. The normalized spacial score (nSPS) is 13.6. The number of nitrogens with zero attached hydrogens (tertiary/aromatic N) is 1. The van der Waals surface area contributed by atoms with E-state index < -0.39 is 27.7 Å². The fourth-order valence-corrected chi connectivity index (χ4v) is 4.25. The summed E-state index contributed by atoms with van der Waals surface area (Å²) in [5, 5.41) is 0. The number of amides is 1. The third-order valence-electron chi connectivity index (χ3n) is 5.15. The fraction of sp³-hybridized carbons (Fsp3) is 0.208. The van der Waals surface area contributed by atoms with Gasteiger partial charge in [-0.1, -0.05) is 24.3 Å². The number of benzene rings is 3. The molecular formula is C24H21F2NO4S. The molecule has 5 nitrogen and oxygen atoms in total. The molecule has 32 heavy (non-hydrogen) atoms. The Morgan fingerprint density at radius 2 is 1.69 bits per heavy atom. The zero-order valence-corrected chi connectivity index (χ0v) is 17.9. The van der Waals surface area contributed by atoms with Crippen molar-refractivity contribution in [1.29, 1.82) is 0 Å². The van der Waals surface area contributed by atoms with Crippen molar-refractivity contribution >= 4 is 16.0 Å². The quantitative estimate of drug-likeness (QED) is 0.457. The second kappa shape index (κ2) is 9.08. The fourth-order valence-electron chi connectivity index (χ4n) is 3.33. The Hall–Kier alpha value is -3.26. The molecule has 1 amide bonds. The highest BCUT2D eigenvalue weighted by Crippen LogP contribution is 2.31. The highest BCUT2D eigenvalue weighted by Gasteiger charge is 2.28. The molecule has 0 saturated heterocycles. The van der Waals surface area contributed by atoms with Gasteiger partial charge in [-0.2, -0.15) is 8.42 Å². The van der Waals surface area contributed by atoms with Crippen molar-refractivity contribution in [2.45, 2.75) is 24.3 Å². The Morgan fingerprint density at radius 3 is 2.38 bits per heavy atom. The van der Waals surface area contributed by atoms with Gasteiger partial charge in [-0.05, 0) is 72.9 Å². The van der Waals surface area contributed by atoms with Crippen LogP contribution in [-0.4, -0.2) is 25.8 Å². The van der Waals surface area contributed by atoms with Gasteiger partial charge in [0.2, 0.25) is 0 Å². The Kier molecular flexibility index (Phi) is 6.23. The van der Waals surface area contributed by atoms with E-state index in [1.54, 1.807) is 23.1 Å². The number of hydrogen-bond acceptors (Lipinski definition) is 4. The van der Waals surface area contributed by atoms with E-state index in [9.17, 15) is 22.0 Å². The number of carbonyl (C=O) groups excluding carboxylic acids is 1. The zero-order valence-electron chi connectivity index (χ0n) is 17.1. The second-order valence-corrected chi connectivity index (χ2v) is 9.29. The third-order valence-corrected chi connectivity index (χ3v) is 6.41. The van der Waals surface area contributed by atoms with Crippen molar-refractivity contribution in [2.24, 2.45) is 5.92 Å². The first-order valence-corrected chi connectivity index (χ1v) is 11.6. The lowest BCUT2D eigenvalue weighted by molar-refractivity contribution is 0.0730. The SMILES string of the molecule is O=C(c1ccccc1F)N(Cc1cccc(OS(=O)(=O)c2ccc(F)cc2)c1)CC1CC1. The lowest BCUT2D eigenvalue weighted by atomic mass is 10.1. The molecule has 0 radical (unpaired) electrons. The molecular weight excluding hydrogens is 436 g/mol. The molecule has 0 aromatic heterocycles. The van der Waals surface area contributed by atoms with Crippen molar-refractivity contribution in [2.75, 3.05) is 6.54 Å². The van der Waals surface area contributed by atoms with Crippen molar-refractivity contribution in [3.05, 3.63) is 95.6 Å². The van der Waals surface area contributed by atoms with Gasteiger partial charge < -0.3 is 9.08 Å². The third kappa shape index (κ3) is 5.31. The standard InChI is InChI=1S/C24H21F2NO4S/c25-19-10-12-21(13-11-19)32(29,30)31-20-5-3-4-18(14-20)16-27(15-17-8-9-17)24(28)22-6-1-2-7-23(22)26/h1-7,10-14,17H,8-9,15-16H2. The van der Waals surface area contributed by atoms with Gasteiger partial charge in [0.05, 0.1) is 5.56 Å². The summed E-state index contributed by atoms with van der Waals surface area (Å²) in [6.07, 6.45) is 2.03. The molecule has 166 valence electrons. The van der Waals surface area contributed by atoms with Gasteiger partial charge in [-0.15, -0.1) is 0 Å². The topological polar surface area (TPSA) is 63.7 Å². The molecule has 1 saturated carbocycles. The van der Waals surface area contributed by atoms with Crippen LogP contribution in [0.25, 0.3) is 0 Å². The van der Waals surface area contributed by atoms with E-state index in [0.717, 1.165) is 37.1 Å². The van der Waals surface area contributed by atoms with Gasteiger partial charge in [0.1, 0.15) is 22.3 Å². The van der Waals surface area contributed by atoms with E-state index in [1.807, 2.05) is 0 Å². The first-order valence-electron chi connectivity index (χ1n) is 10.1. The van der Waals surface area contributed by atoms with Gasteiger partial charge in [-0.3, -0.25) is 4.79 Å². The Morgan fingerprint density at radius 1 is 0.969 bits per heavy atom. The molecule has 1 aliphatic rings. The molecule has 3 aromatic rings. The minimum absolute atomic E-state index is 0.000516. The van der Waals surface area contributed by atoms with Crippen molar-refractivity contribution < 1.29 is 26.2 Å². The van der Waals surface area contributed by atoms with Crippen LogP contribution in [-0.2, 0) is 16.7 Å². The largest absolute Gasteiger partial charge is 0.379 e. The Bertz CT molecular complexity index is 1220. The van der Waals surface area contributed by atoms with Crippen molar-refractivity contribution in [3.63, 3.8) is 0 Å². The molecule has 0 aliphatic heterocycles. The van der Waals surface area contributed by atoms with E-state index in [1.165, 1.54) is 30.3 Å². The molecule has 1 aliphatic carbocycles. The minimum atomic E-state index is -4.15. The summed E-state index contributed by atoms with van der Waals surface area (Å²) in [5.41, 5.74) is 0.640. The van der Waals surface area contributed by atoms with E-state index in [4.69, 9.17) is 4.18 Å². The van der Waals surface area contributed by atoms with Crippen LogP contribution >= 0.6 is 0 Å². The lowest BCUT2D eigenvalue weighted by Gasteiger charge is -2.23. The molecule has 0 bridgehead atoms. The molecule has 4 rings (SSSR count). The molecule has 0 heterocycles. The lowest BCUT2D eigenvalue weighted by Crippen LogP contribution is -2.33. The van der Waals surface area contributed by atoms with Crippen LogP contribution < -0.4 is 4.18 Å². The first kappa shape index (κ1) is 22.0. The van der Waals surface area contributed by atoms with Crippen LogP contribution in [0.2, 0.25) is 0 Å². The molecule has 0 N–H and O–H groups in total. The number of carbonyl (C=O) groups is 1. The van der Waals surface area contributed by atoms with Crippen LogP contribution in [0.15, 0.2) is 77.7 Å². The number of halogens is 2. The summed E-state index contributed by atoms with van der Waals surface area (Å²) in [6, 6.07) is 16.5. The summed E-state index contributed by atoms with van der Waals surface area (Å²) < 4.78 is 57.4. The average Bonchev–Trinajstić information content (AvgIpc) is 3.57. The smallest absolute Gasteiger partial charge is 0.339 e. The highest BCUT2D eigenvalue weighted by atomic mass is 32.2. The monoisotopic (exact) mass is 457 g/mol. The van der Waals surface area contributed by atoms with Gasteiger partial charge in [-0.25, -0.2) is 8.78 Å². The van der Waals surface area contributed by atoms with Crippen LogP contribution in [0.4, 0.5) is 8.78 Å². The van der Waals surface area contributed by atoms with Gasteiger partial charge >= 0.3 is 10.1 Å². The van der Waals surface area contributed by atoms with E-state index >= 15 is 0 Å². The summed E-state index contributed by atoms with van der Waals surface area (Å²) >= 11 is 0. The number of rotatable bonds is 8. The highest BCUT2D eigenvalue weighted by molar-refractivity contribution is 7.87. The second-order valence-electron chi connectivity index (χ2n) is 7.75. The maximum Gasteiger partial charge on any atom is 0.339 e. The maximum absolute atomic E-state index is 14.2. The number of hydrogen-bond donors (Lipinski definition) is 0. The van der Waals surface area contributed by atoms with Crippen LogP contribution in [0.3, 0.4) is 0 Å². The minimum Gasteiger partial charge on any atom is -0.379 e. The van der Waals surface area contributed by atoms with Crippen LogP contribution in [0.5, 0.6) is 5.75 Å². The average molecular weight is 457 g/mol. The summed E-state index contributed by atoms with van der Waals surface area (Å²) in [7, 11) is -4.15. The predicted molar refractivity (Wildman–Crippen MR) is 115 cm³/mol. The van der Waals surface area contributed by atoms with Gasteiger partial charge in [0, 0.05) is 13.1 Å². The summed E-state index contributed by atoms with van der Waals surface area (Å²) in [4.78, 5) is 14.4. The van der Waals surface area contributed by atoms with Crippen LogP contribution in [0.1, 0.15) is 28.8 Å². The summed E-state index contributed by atoms with van der Waals surface area (Å²) in [5.74, 6) is -1.11. The van der Waals surface area contributed by atoms with Crippen molar-refractivity contribution in [1.82, 2.24) is 4.90 Å². The molecule has 1 fully saturated rings. The van der Waals surface area contributed by atoms with Crippen LogP contribution in [0, 0.1) is 17.6 Å². The van der Waals surface area contributed by atoms with Crippen molar-refractivity contribution in [3.8, 4) is 5.75 Å². The van der Waals surface area contributed by atoms with Gasteiger partial charge in [0.15, 0.2) is 0 Å². The molecule has 3 aromatic carbocycles. The van der Waals surface area contributed by atoms with Gasteiger partial charge in [0.25, 0.3) is 5.91 Å². The maximum atomic E-state index is 14.2. The Labute approximate surface area is 185 Å². The molecule has 8 heteroatoms. The Balaban J connectivity index is 1.54. The molecule has 0 spiro atoms. The predicted octanol–water partition coefficient (Wildman–Crippen LogP) is 4.78. The summed E-state index contributed by atoms with van der Waals surface area (Å²) in [6.45, 7) is 0.670. The molecule has 0 atom stereocenters. The van der Waals surface area contributed by atoms with E-state index in [2.05, 4.69) is 0 Å².